The predicted molar refractivity (Wildman–Crippen MR) is 121 cm³/mol. The second kappa shape index (κ2) is 10.0. The van der Waals surface area contributed by atoms with E-state index in [9.17, 15) is 4.39 Å². The summed E-state index contributed by atoms with van der Waals surface area (Å²) in [5, 5.41) is 6.84. The standard InChI is InChI=1S/C20H32FN5.HI/c1-16(26-12-10-25(3)11-13-26)14-23-19(22-2)24-15-20(8-9-20)17-6-4-5-7-18(17)21;/h4-7,16H,8-15H2,1-3H3,(H2,22,23,24);1H. The Morgan fingerprint density at radius 2 is 1.85 bits per heavy atom. The summed E-state index contributed by atoms with van der Waals surface area (Å²) in [5.41, 5.74) is 0.750. The molecule has 0 spiro atoms. The molecule has 3 rings (SSSR count). The predicted octanol–water partition coefficient (Wildman–Crippen LogP) is 2.28. The lowest BCUT2D eigenvalue weighted by Crippen LogP contribution is -2.52. The quantitative estimate of drug-likeness (QED) is 0.366. The van der Waals surface area contributed by atoms with E-state index in [0.29, 0.717) is 6.04 Å². The third kappa shape index (κ3) is 5.77. The highest BCUT2D eigenvalue weighted by Gasteiger charge is 2.45. The first-order chi connectivity index (χ1) is 12.5. The van der Waals surface area contributed by atoms with Crippen LogP contribution in [0.2, 0.25) is 0 Å². The number of piperazine rings is 1. The maximum absolute atomic E-state index is 14.1. The number of likely N-dealkylation sites (N-methyl/N-ethyl adjacent to an activating group) is 1. The van der Waals surface area contributed by atoms with Crippen LogP contribution in [0.15, 0.2) is 29.3 Å². The molecule has 0 radical (unpaired) electrons. The Morgan fingerprint density at radius 3 is 2.44 bits per heavy atom. The van der Waals surface area contributed by atoms with Crippen molar-refractivity contribution in [3.63, 3.8) is 0 Å². The van der Waals surface area contributed by atoms with Crippen LogP contribution in [-0.2, 0) is 5.41 Å². The van der Waals surface area contributed by atoms with E-state index in [1.54, 1.807) is 19.2 Å². The second-order valence-corrected chi connectivity index (χ2v) is 7.76. The number of hydrogen-bond acceptors (Lipinski definition) is 3. The highest BCUT2D eigenvalue weighted by molar-refractivity contribution is 14.0. The summed E-state index contributed by atoms with van der Waals surface area (Å²) < 4.78 is 14.1. The molecular formula is C20H33FIN5. The number of nitrogens with zero attached hydrogens (tertiary/aromatic N) is 3. The van der Waals surface area contributed by atoms with Crippen molar-refractivity contribution in [1.29, 1.82) is 0 Å². The van der Waals surface area contributed by atoms with E-state index in [1.165, 1.54) is 0 Å². The van der Waals surface area contributed by atoms with Gasteiger partial charge in [0.2, 0.25) is 0 Å². The lowest BCUT2D eigenvalue weighted by atomic mass is 9.95. The molecule has 1 aliphatic heterocycles. The number of hydrogen-bond donors (Lipinski definition) is 2. The molecule has 2 N–H and O–H groups in total. The van der Waals surface area contributed by atoms with Crippen LogP contribution in [0.1, 0.15) is 25.3 Å². The summed E-state index contributed by atoms with van der Waals surface area (Å²) in [5.74, 6) is 0.701. The van der Waals surface area contributed by atoms with Gasteiger partial charge in [-0.3, -0.25) is 9.89 Å². The Labute approximate surface area is 179 Å². The topological polar surface area (TPSA) is 42.9 Å². The van der Waals surface area contributed by atoms with E-state index in [2.05, 4.69) is 39.4 Å². The lowest BCUT2D eigenvalue weighted by molar-refractivity contribution is 0.120. The van der Waals surface area contributed by atoms with Crippen molar-refractivity contribution in [2.75, 3.05) is 53.4 Å². The van der Waals surface area contributed by atoms with E-state index in [0.717, 1.165) is 63.6 Å². The fraction of sp³-hybridized carbons (Fsp3) is 0.650. The van der Waals surface area contributed by atoms with Crippen molar-refractivity contribution in [3.05, 3.63) is 35.6 Å². The van der Waals surface area contributed by atoms with Crippen LogP contribution < -0.4 is 10.6 Å². The van der Waals surface area contributed by atoms with Crippen molar-refractivity contribution in [2.24, 2.45) is 4.99 Å². The van der Waals surface area contributed by atoms with Crippen LogP contribution in [0.3, 0.4) is 0 Å². The molecule has 0 aromatic heterocycles. The number of rotatable bonds is 6. The van der Waals surface area contributed by atoms with E-state index >= 15 is 0 Å². The van der Waals surface area contributed by atoms with Gasteiger partial charge in [-0.05, 0) is 38.4 Å². The Hall–Kier alpha value is -0.930. The van der Waals surface area contributed by atoms with Gasteiger partial charge in [-0.25, -0.2) is 4.39 Å². The third-order valence-electron chi connectivity index (χ3n) is 5.84. The van der Waals surface area contributed by atoms with Gasteiger partial charge in [-0.15, -0.1) is 24.0 Å². The first-order valence-corrected chi connectivity index (χ1v) is 9.66. The average Bonchev–Trinajstić information content (AvgIpc) is 3.43. The summed E-state index contributed by atoms with van der Waals surface area (Å²) >= 11 is 0. The van der Waals surface area contributed by atoms with Gasteiger partial charge in [0, 0.05) is 57.8 Å². The second-order valence-electron chi connectivity index (χ2n) is 7.76. The van der Waals surface area contributed by atoms with Crippen molar-refractivity contribution in [2.45, 2.75) is 31.2 Å². The highest BCUT2D eigenvalue weighted by Crippen LogP contribution is 2.48. The molecule has 0 amide bonds. The number of guanidine groups is 1. The molecule has 2 aliphatic rings. The molecule has 1 aromatic rings. The Bertz CT molecular complexity index is 627. The number of benzene rings is 1. The summed E-state index contributed by atoms with van der Waals surface area (Å²) in [6.07, 6.45) is 2.05. The minimum atomic E-state index is -0.0987. The molecule has 1 aromatic carbocycles. The number of halogens is 2. The monoisotopic (exact) mass is 489 g/mol. The van der Waals surface area contributed by atoms with Crippen molar-refractivity contribution < 1.29 is 4.39 Å². The maximum Gasteiger partial charge on any atom is 0.191 e. The summed E-state index contributed by atoms with van der Waals surface area (Å²) in [6.45, 7) is 8.31. The average molecular weight is 489 g/mol. The summed E-state index contributed by atoms with van der Waals surface area (Å²) in [4.78, 5) is 9.22. The minimum absolute atomic E-state index is 0. The van der Waals surface area contributed by atoms with E-state index in [-0.39, 0.29) is 35.2 Å². The van der Waals surface area contributed by atoms with Crippen LogP contribution in [-0.4, -0.2) is 75.2 Å². The van der Waals surface area contributed by atoms with Crippen LogP contribution >= 0.6 is 24.0 Å². The fourth-order valence-corrected chi connectivity index (χ4v) is 3.69. The molecule has 5 nitrogen and oxygen atoms in total. The van der Waals surface area contributed by atoms with Gasteiger partial charge in [0.25, 0.3) is 0 Å². The molecule has 152 valence electrons. The molecule has 7 heteroatoms. The molecule has 1 atom stereocenters. The zero-order valence-electron chi connectivity index (χ0n) is 16.7. The molecule has 1 saturated carbocycles. The fourth-order valence-electron chi connectivity index (χ4n) is 3.69. The molecule has 2 fully saturated rings. The first kappa shape index (κ1) is 22.4. The Balaban J connectivity index is 0.00000261. The van der Waals surface area contributed by atoms with Gasteiger partial charge in [-0.1, -0.05) is 18.2 Å². The molecular weight excluding hydrogens is 456 g/mol. The molecule has 27 heavy (non-hydrogen) atoms. The first-order valence-electron chi connectivity index (χ1n) is 9.66. The summed E-state index contributed by atoms with van der Waals surface area (Å²) in [7, 11) is 3.97. The van der Waals surface area contributed by atoms with Gasteiger partial charge in [0.15, 0.2) is 5.96 Å². The largest absolute Gasteiger partial charge is 0.356 e. The molecule has 1 aliphatic carbocycles. The maximum atomic E-state index is 14.1. The van der Waals surface area contributed by atoms with Gasteiger partial charge < -0.3 is 15.5 Å². The van der Waals surface area contributed by atoms with Crippen LogP contribution in [0.25, 0.3) is 0 Å². The van der Waals surface area contributed by atoms with Crippen LogP contribution in [0.5, 0.6) is 0 Å². The van der Waals surface area contributed by atoms with Crippen molar-refractivity contribution in [3.8, 4) is 0 Å². The van der Waals surface area contributed by atoms with E-state index < -0.39 is 0 Å². The Morgan fingerprint density at radius 1 is 1.19 bits per heavy atom. The molecule has 1 saturated heterocycles. The van der Waals surface area contributed by atoms with Gasteiger partial charge in [0.05, 0.1) is 0 Å². The molecule has 1 unspecified atom stereocenters. The lowest BCUT2D eigenvalue weighted by Gasteiger charge is -2.36. The molecule has 1 heterocycles. The highest BCUT2D eigenvalue weighted by atomic mass is 127. The van der Waals surface area contributed by atoms with Gasteiger partial charge in [0.1, 0.15) is 5.82 Å². The van der Waals surface area contributed by atoms with Crippen molar-refractivity contribution >= 4 is 29.9 Å². The third-order valence-corrected chi connectivity index (χ3v) is 5.84. The number of aliphatic imine (C=N–C) groups is 1. The smallest absolute Gasteiger partial charge is 0.191 e. The van der Waals surface area contributed by atoms with E-state index in [4.69, 9.17) is 0 Å². The minimum Gasteiger partial charge on any atom is -0.356 e. The van der Waals surface area contributed by atoms with Gasteiger partial charge >= 0.3 is 0 Å². The van der Waals surface area contributed by atoms with E-state index in [1.807, 2.05) is 12.1 Å². The SMILES string of the molecule is CN=C(NCC(C)N1CCN(C)CC1)NCC1(c2ccccc2F)CC1.I. The molecule has 0 bridgehead atoms. The van der Waals surface area contributed by atoms with Crippen molar-refractivity contribution in [1.82, 2.24) is 20.4 Å². The number of nitrogens with one attached hydrogen (secondary N) is 2. The van der Waals surface area contributed by atoms with Crippen LogP contribution in [0.4, 0.5) is 4.39 Å². The zero-order chi connectivity index (χ0) is 18.6. The Kier molecular flexibility index (Phi) is 8.30. The zero-order valence-corrected chi connectivity index (χ0v) is 19.0. The normalized spacial score (nSPS) is 21.3. The van der Waals surface area contributed by atoms with Gasteiger partial charge in [-0.2, -0.15) is 0 Å². The van der Waals surface area contributed by atoms with Crippen LogP contribution in [0, 0.1) is 5.82 Å². The summed E-state index contributed by atoms with van der Waals surface area (Å²) in [6, 6.07) is 7.60.